The average molecular weight is 243 g/mol. The van der Waals surface area contributed by atoms with Crippen LogP contribution < -0.4 is 0 Å². The van der Waals surface area contributed by atoms with E-state index in [2.05, 4.69) is 4.98 Å². The van der Waals surface area contributed by atoms with Crippen LogP contribution in [0.15, 0.2) is 36.5 Å². The van der Waals surface area contributed by atoms with Gasteiger partial charge in [-0.15, -0.1) is 0 Å². The first-order chi connectivity index (χ1) is 8.77. The number of hydrogen-bond acceptors (Lipinski definition) is 3. The van der Waals surface area contributed by atoms with Gasteiger partial charge < -0.3 is 4.74 Å². The molecule has 0 N–H and O–H groups in total. The molecule has 0 amide bonds. The summed E-state index contributed by atoms with van der Waals surface area (Å²) < 4.78 is 5.49. The fraction of sp³-hybridized carbons (Fsp3) is 0.333. The summed E-state index contributed by atoms with van der Waals surface area (Å²) in [5.41, 5.74) is 1.54. The van der Waals surface area contributed by atoms with E-state index < -0.39 is 0 Å². The molecule has 3 nitrogen and oxygen atoms in total. The van der Waals surface area contributed by atoms with Crippen LogP contribution >= 0.6 is 0 Å². The first kappa shape index (κ1) is 12.7. The van der Waals surface area contributed by atoms with Gasteiger partial charge in [-0.1, -0.05) is 25.1 Å². The van der Waals surface area contributed by atoms with Crippen molar-refractivity contribution < 1.29 is 9.53 Å². The summed E-state index contributed by atoms with van der Waals surface area (Å²) in [6.07, 6.45) is 2.06. The molecular weight excluding hydrogens is 226 g/mol. The standard InChI is InChI=1S/C15H17NO2/c1-3-14(18-4-2)15(17)12-7-5-9-13-11(12)8-6-10-16-13/h5-10,14H,3-4H2,1-2H3. The lowest BCUT2D eigenvalue weighted by atomic mass is 10.00. The fourth-order valence-electron chi connectivity index (χ4n) is 2.07. The topological polar surface area (TPSA) is 39.2 Å². The summed E-state index contributed by atoms with van der Waals surface area (Å²) in [6.45, 7) is 4.41. The molecule has 0 spiro atoms. The van der Waals surface area contributed by atoms with Crippen molar-refractivity contribution in [3.63, 3.8) is 0 Å². The Balaban J connectivity index is 2.44. The van der Waals surface area contributed by atoms with Gasteiger partial charge in [-0.3, -0.25) is 9.78 Å². The Morgan fingerprint density at radius 3 is 2.83 bits per heavy atom. The summed E-state index contributed by atoms with van der Waals surface area (Å²) in [7, 11) is 0. The van der Waals surface area contributed by atoms with Crippen LogP contribution in [0.2, 0.25) is 0 Å². The molecule has 0 aliphatic rings. The van der Waals surface area contributed by atoms with E-state index >= 15 is 0 Å². The van der Waals surface area contributed by atoms with Gasteiger partial charge in [0.15, 0.2) is 5.78 Å². The van der Waals surface area contributed by atoms with Crippen LogP contribution in [-0.4, -0.2) is 23.5 Å². The second-order valence-corrected chi connectivity index (χ2v) is 4.09. The molecule has 94 valence electrons. The number of pyridine rings is 1. The highest BCUT2D eigenvalue weighted by Gasteiger charge is 2.20. The predicted octanol–water partition coefficient (Wildman–Crippen LogP) is 3.23. The number of aromatic nitrogens is 1. The molecule has 1 heterocycles. The van der Waals surface area contributed by atoms with Crippen molar-refractivity contribution in [2.45, 2.75) is 26.4 Å². The van der Waals surface area contributed by atoms with Gasteiger partial charge in [0.2, 0.25) is 0 Å². The molecule has 0 fully saturated rings. The van der Waals surface area contributed by atoms with E-state index in [-0.39, 0.29) is 11.9 Å². The SMILES string of the molecule is CCOC(CC)C(=O)c1cccc2ncccc12. The van der Waals surface area contributed by atoms with Gasteiger partial charge in [0.05, 0.1) is 5.52 Å². The van der Waals surface area contributed by atoms with Crippen molar-refractivity contribution in [3.8, 4) is 0 Å². The van der Waals surface area contributed by atoms with Gasteiger partial charge in [-0.2, -0.15) is 0 Å². The molecule has 0 saturated carbocycles. The molecule has 1 atom stereocenters. The van der Waals surface area contributed by atoms with Gasteiger partial charge in [0, 0.05) is 23.8 Å². The Bertz CT molecular complexity index is 546. The van der Waals surface area contributed by atoms with Crippen molar-refractivity contribution in [2.24, 2.45) is 0 Å². The van der Waals surface area contributed by atoms with E-state index in [0.29, 0.717) is 18.6 Å². The number of ether oxygens (including phenoxy) is 1. The molecule has 1 aromatic carbocycles. The summed E-state index contributed by atoms with van der Waals surface area (Å²) in [4.78, 5) is 16.7. The van der Waals surface area contributed by atoms with Gasteiger partial charge in [0.25, 0.3) is 0 Å². The van der Waals surface area contributed by atoms with Crippen LogP contribution in [0.4, 0.5) is 0 Å². The lowest BCUT2D eigenvalue weighted by Gasteiger charge is -2.14. The third kappa shape index (κ3) is 2.41. The van der Waals surface area contributed by atoms with Crippen LogP contribution in [0.1, 0.15) is 30.6 Å². The first-order valence-corrected chi connectivity index (χ1v) is 6.27. The van der Waals surface area contributed by atoms with E-state index in [1.807, 2.05) is 44.2 Å². The smallest absolute Gasteiger partial charge is 0.192 e. The number of fused-ring (bicyclic) bond motifs is 1. The Kier molecular flexibility index (Phi) is 4.05. The highest BCUT2D eigenvalue weighted by Crippen LogP contribution is 2.19. The van der Waals surface area contributed by atoms with Crippen molar-refractivity contribution in [3.05, 3.63) is 42.1 Å². The minimum Gasteiger partial charge on any atom is -0.370 e. The van der Waals surface area contributed by atoms with Gasteiger partial charge in [0.1, 0.15) is 6.10 Å². The zero-order valence-electron chi connectivity index (χ0n) is 10.7. The molecule has 0 bridgehead atoms. The number of benzene rings is 1. The molecule has 1 aromatic heterocycles. The normalized spacial score (nSPS) is 12.6. The number of carbonyl (C=O) groups excluding carboxylic acids is 1. The van der Waals surface area contributed by atoms with Gasteiger partial charge >= 0.3 is 0 Å². The number of nitrogens with zero attached hydrogens (tertiary/aromatic N) is 1. The Morgan fingerprint density at radius 2 is 2.11 bits per heavy atom. The minimum absolute atomic E-state index is 0.0398. The molecule has 18 heavy (non-hydrogen) atoms. The molecule has 0 aliphatic heterocycles. The van der Waals surface area contributed by atoms with Crippen LogP contribution in [0, 0.1) is 0 Å². The Labute approximate surface area is 107 Å². The summed E-state index contributed by atoms with van der Waals surface area (Å²) in [6, 6.07) is 9.39. The Hall–Kier alpha value is -1.74. The zero-order valence-corrected chi connectivity index (χ0v) is 10.7. The van der Waals surface area contributed by atoms with Crippen LogP contribution in [0.3, 0.4) is 0 Å². The van der Waals surface area contributed by atoms with E-state index in [0.717, 1.165) is 10.9 Å². The summed E-state index contributed by atoms with van der Waals surface area (Å²) in [5, 5.41) is 0.892. The van der Waals surface area contributed by atoms with E-state index in [9.17, 15) is 4.79 Å². The molecule has 2 aromatic rings. The number of rotatable bonds is 5. The summed E-state index contributed by atoms with van der Waals surface area (Å²) in [5.74, 6) is 0.0398. The number of Topliss-reactive ketones (excluding diaryl/α,β-unsaturated/α-hetero) is 1. The van der Waals surface area contributed by atoms with E-state index in [1.54, 1.807) is 6.20 Å². The maximum atomic E-state index is 12.4. The minimum atomic E-state index is -0.360. The van der Waals surface area contributed by atoms with Gasteiger partial charge in [-0.05, 0) is 25.5 Å². The molecule has 0 saturated heterocycles. The maximum absolute atomic E-state index is 12.4. The third-order valence-electron chi connectivity index (χ3n) is 2.94. The molecule has 0 radical (unpaired) electrons. The summed E-state index contributed by atoms with van der Waals surface area (Å²) >= 11 is 0. The van der Waals surface area contributed by atoms with Crippen LogP contribution in [0.5, 0.6) is 0 Å². The van der Waals surface area contributed by atoms with Gasteiger partial charge in [-0.25, -0.2) is 0 Å². The highest BCUT2D eigenvalue weighted by atomic mass is 16.5. The zero-order chi connectivity index (χ0) is 13.0. The molecule has 2 rings (SSSR count). The van der Waals surface area contributed by atoms with Crippen molar-refractivity contribution in [1.82, 2.24) is 4.98 Å². The lowest BCUT2D eigenvalue weighted by molar-refractivity contribution is 0.0445. The monoisotopic (exact) mass is 243 g/mol. The van der Waals surface area contributed by atoms with E-state index in [1.165, 1.54) is 0 Å². The quantitative estimate of drug-likeness (QED) is 0.757. The number of hydrogen-bond donors (Lipinski definition) is 0. The third-order valence-corrected chi connectivity index (χ3v) is 2.94. The molecular formula is C15H17NO2. The van der Waals surface area contributed by atoms with Crippen LogP contribution in [-0.2, 0) is 4.74 Å². The molecule has 3 heteroatoms. The highest BCUT2D eigenvalue weighted by molar-refractivity contribution is 6.09. The second-order valence-electron chi connectivity index (χ2n) is 4.09. The first-order valence-electron chi connectivity index (χ1n) is 6.27. The number of ketones is 1. The largest absolute Gasteiger partial charge is 0.370 e. The van der Waals surface area contributed by atoms with Crippen molar-refractivity contribution in [1.29, 1.82) is 0 Å². The second kappa shape index (κ2) is 5.74. The fourth-order valence-corrected chi connectivity index (χ4v) is 2.07. The van der Waals surface area contributed by atoms with Crippen molar-refractivity contribution >= 4 is 16.7 Å². The lowest BCUT2D eigenvalue weighted by Crippen LogP contribution is -2.23. The predicted molar refractivity (Wildman–Crippen MR) is 71.8 cm³/mol. The number of carbonyl (C=O) groups is 1. The van der Waals surface area contributed by atoms with Crippen molar-refractivity contribution in [2.75, 3.05) is 6.61 Å². The molecule has 0 aliphatic carbocycles. The van der Waals surface area contributed by atoms with E-state index in [4.69, 9.17) is 4.74 Å². The maximum Gasteiger partial charge on any atom is 0.192 e. The average Bonchev–Trinajstić information content (AvgIpc) is 2.43. The Morgan fingerprint density at radius 1 is 1.28 bits per heavy atom. The molecule has 1 unspecified atom stereocenters. The van der Waals surface area contributed by atoms with Crippen LogP contribution in [0.25, 0.3) is 10.9 Å².